The van der Waals surface area contributed by atoms with Gasteiger partial charge in [0.05, 0.1) is 6.21 Å². The van der Waals surface area contributed by atoms with Crippen LogP contribution in [-0.4, -0.2) is 11.4 Å². The highest BCUT2D eigenvalue weighted by atomic mass is 35.5. The van der Waals surface area contributed by atoms with Crippen LogP contribution in [0.1, 0.15) is 11.1 Å². The van der Waals surface area contributed by atoms with E-state index in [4.69, 9.17) is 5.21 Å². The summed E-state index contributed by atoms with van der Waals surface area (Å²) in [6.45, 7) is 2.01. The van der Waals surface area contributed by atoms with Gasteiger partial charge in [-0.15, -0.1) is 12.4 Å². The summed E-state index contributed by atoms with van der Waals surface area (Å²) in [5.74, 6) is 0. The molecule has 0 saturated heterocycles. The van der Waals surface area contributed by atoms with Crippen molar-refractivity contribution in [2.45, 2.75) is 6.92 Å². The molecule has 0 bridgehead atoms. The van der Waals surface area contributed by atoms with E-state index in [1.54, 1.807) is 0 Å². The molecule has 0 spiro atoms. The predicted octanol–water partition coefficient (Wildman–Crippen LogP) is 2.22. The summed E-state index contributed by atoms with van der Waals surface area (Å²) in [5.41, 5.74) is 2.11. The third kappa shape index (κ3) is 3.05. The highest BCUT2D eigenvalue weighted by Gasteiger charge is 1.84. The first-order chi connectivity index (χ1) is 4.83. The molecular weight excluding hydrogens is 162 g/mol. The highest BCUT2D eigenvalue weighted by molar-refractivity contribution is 5.85. The summed E-state index contributed by atoms with van der Waals surface area (Å²) in [5, 5.41) is 11.1. The summed E-state index contributed by atoms with van der Waals surface area (Å²) in [7, 11) is 0. The molecule has 0 unspecified atom stereocenters. The van der Waals surface area contributed by atoms with Crippen molar-refractivity contribution in [3.8, 4) is 0 Å². The first-order valence-corrected chi connectivity index (χ1v) is 3.07. The van der Waals surface area contributed by atoms with Gasteiger partial charge in [-0.1, -0.05) is 35.0 Å². The summed E-state index contributed by atoms with van der Waals surface area (Å²) >= 11 is 0. The number of rotatable bonds is 1. The van der Waals surface area contributed by atoms with Crippen LogP contribution >= 0.6 is 12.4 Å². The molecule has 0 fully saturated rings. The lowest BCUT2D eigenvalue weighted by molar-refractivity contribution is 0.322. The molecule has 60 valence electrons. The van der Waals surface area contributed by atoms with Crippen molar-refractivity contribution in [3.05, 3.63) is 35.4 Å². The van der Waals surface area contributed by atoms with Crippen molar-refractivity contribution in [1.29, 1.82) is 0 Å². The lowest BCUT2D eigenvalue weighted by Gasteiger charge is -1.91. The zero-order valence-corrected chi connectivity index (χ0v) is 7.01. The second-order valence-corrected chi connectivity index (χ2v) is 2.16. The van der Waals surface area contributed by atoms with Crippen molar-refractivity contribution < 1.29 is 5.21 Å². The molecule has 0 aliphatic carbocycles. The van der Waals surface area contributed by atoms with Crippen LogP contribution in [0.25, 0.3) is 0 Å². The van der Waals surface area contributed by atoms with Gasteiger partial charge in [-0.3, -0.25) is 0 Å². The fraction of sp³-hybridized carbons (Fsp3) is 0.125. The van der Waals surface area contributed by atoms with E-state index in [-0.39, 0.29) is 12.4 Å². The lowest BCUT2D eigenvalue weighted by Crippen LogP contribution is -1.79. The normalized spacial score (nSPS) is 9.55. The van der Waals surface area contributed by atoms with E-state index in [1.165, 1.54) is 11.8 Å². The molecule has 1 aromatic rings. The average Bonchev–Trinajstić information content (AvgIpc) is 1.95. The van der Waals surface area contributed by atoms with Gasteiger partial charge in [0.25, 0.3) is 0 Å². The zero-order valence-electron chi connectivity index (χ0n) is 6.19. The Morgan fingerprint density at radius 1 is 1.27 bits per heavy atom. The van der Waals surface area contributed by atoms with Crippen LogP contribution in [0, 0.1) is 6.92 Å². The number of hydrogen-bond donors (Lipinski definition) is 1. The summed E-state index contributed by atoms with van der Waals surface area (Å²) < 4.78 is 0. The Morgan fingerprint density at radius 2 is 1.82 bits per heavy atom. The number of benzene rings is 1. The molecule has 1 N–H and O–H groups in total. The van der Waals surface area contributed by atoms with Crippen LogP contribution in [0.5, 0.6) is 0 Å². The molecule has 0 radical (unpaired) electrons. The van der Waals surface area contributed by atoms with Gasteiger partial charge in [0, 0.05) is 0 Å². The Labute approximate surface area is 72.0 Å². The van der Waals surface area contributed by atoms with Crippen molar-refractivity contribution in [2.75, 3.05) is 0 Å². The molecule has 0 heterocycles. The number of oxime groups is 1. The maximum Gasteiger partial charge on any atom is 0.0733 e. The van der Waals surface area contributed by atoms with Gasteiger partial charge in [0.15, 0.2) is 0 Å². The molecular formula is C8H10ClNO. The van der Waals surface area contributed by atoms with Gasteiger partial charge < -0.3 is 5.21 Å². The number of halogens is 1. The van der Waals surface area contributed by atoms with E-state index < -0.39 is 0 Å². The Kier molecular flexibility index (Phi) is 4.30. The molecule has 3 heteroatoms. The standard InChI is InChI=1S/C8H9NO.ClH/c1-7-2-4-8(5-3-7)6-9-10;/h2-6,10H,1H3;1H. The van der Waals surface area contributed by atoms with Gasteiger partial charge in [0.1, 0.15) is 0 Å². The largest absolute Gasteiger partial charge is 0.411 e. The van der Waals surface area contributed by atoms with Crippen LogP contribution in [0.15, 0.2) is 29.4 Å². The Hall–Kier alpha value is -1.02. The molecule has 1 aromatic carbocycles. The zero-order chi connectivity index (χ0) is 7.40. The van der Waals surface area contributed by atoms with Gasteiger partial charge in [0.2, 0.25) is 0 Å². The minimum Gasteiger partial charge on any atom is -0.411 e. The SMILES string of the molecule is Cc1ccc(C=NO)cc1.Cl. The Balaban J connectivity index is 0.000001000. The van der Waals surface area contributed by atoms with Crippen LogP contribution in [0.3, 0.4) is 0 Å². The van der Waals surface area contributed by atoms with Gasteiger partial charge in [-0.25, -0.2) is 0 Å². The molecule has 0 amide bonds. The van der Waals surface area contributed by atoms with E-state index in [0.717, 1.165) is 5.56 Å². The molecule has 0 aliphatic rings. The molecule has 0 saturated carbocycles. The number of nitrogens with zero attached hydrogens (tertiary/aromatic N) is 1. The average molecular weight is 172 g/mol. The fourth-order valence-electron chi connectivity index (χ4n) is 0.719. The van der Waals surface area contributed by atoms with E-state index in [2.05, 4.69) is 5.16 Å². The van der Waals surface area contributed by atoms with E-state index in [1.807, 2.05) is 31.2 Å². The summed E-state index contributed by atoms with van der Waals surface area (Å²) in [4.78, 5) is 0. The maximum absolute atomic E-state index is 8.16. The summed E-state index contributed by atoms with van der Waals surface area (Å²) in [6.07, 6.45) is 1.40. The third-order valence-corrected chi connectivity index (χ3v) is 1.28. The van der Waals surface area contributed by atoms with Crippen molar-refractivity contribution >= 4 is 18.6 Å². The Morgan fingerprint density at radius 3 is 2.27 bits per heavy atom. The minimum atomic E-state index is 0. The number of hydrogen-bond acceptors (Lipinski definition) is 2. The Bertz CT molecular complexity index is 230. The molecule has 0 aliphatic heterocycles. The first-order valence-electron chi connectivity index (χ1n) is 3.07. The van der Waals surface area contributed by atoms with Gasteiger partial charge >= 0.3 is 0 Å². The molecule has 0 aromatic heterocycles. The second-order valence-electron chi connectivity index (χ2n) is 2.16. The lowest BCUT2D eigenvalue weighted by atomic mass is 10.2. The maximum atomic E-state index is 8.16. The first kappa shape index (κ1) is 9.98. The molecule has 0 atom stereocenters. The van der Waals surface area contributed by atoms with E-state index in [9.17, 15) is 0 Å². The number of aryl methyl sites for hydroxylation is 1. The van der Waals surface area contributed by atoms with E-state index in [0.29, 0.717) is 0 Å². The van der Waals surface area contributed by atoms with Crippen LogP contribution in [0.2, 0.25) is 0 Å². The molecule has 11 heavy (non-hydrogen) atoms. The predicted molar refractivity (Wildman–Crippen MR) is 47.8 cm³/mol. The smallest absolute Gasteiger partial charge is 0.0733 e. The quantitative estimate of drug-likeness (QED) is 0.392. The fourth-order valence-corrected chi connectivity index (χ4v) is 0.719. The monoisotopic (exact) mass is 171 g/mol. The third-order valence-electron chi connectivity index (χ3n) is 1.28. The van der Waals surface area contributed by atoms with Crippen LogP contribution in [-0.2, 0) is 0 Å². The summed E-state index contributed by atoms with van der Waals surface area (Å²) in [6, 6.07) is 7.73. The second kappa shape index (κ2) is 4.74. The van der Waals surface area contributed by atoms with E-state index >= 15 is 0 Å². The van der Waals surface area contributed by atoms with Crippen molar-refractivity contribution in [2.24, 2.45) is 5.16 Å². The molecule has 2 nitrogen and oxygen atoms in total. The van der Waals surface area contributed by atoms with Gasteiger partial charge in [-0.2, -0.15) is 0 Å². The van der Waals surface area contributed by atoms with Crippen molar-refractivity contribution in [3.63, 3.8) is 0 Å². The molecule has 1 rings (SSSR count). The van der Waals surface area contributed by atoms with Crippen LogP contribution in [0.4, 0.5) is 0 Å². The highest BCUT2D eigenvalue weighted by Crippen LogP contribution is 1.99. The topological polar surface area (TPSA) is 32.6 Å². The van der Waals surface area contributed by atoms with Crippen LogP contribution < -0.4 is 0 Å². The minimum absolute atomic E-state index is 0. The van der Waals surface area contributed by atoms with Crippen molar-refractivity contribution in [1.82, 2.24) is 0 Å². The van der Waals surface area contributed by atoms with Gasteiger partial charge in [-0.05, 0) is 12.5 Å².